The van der Waals surface area contributed by atoms with Crippen LogP contribution in [-0.4, -0.2) is 27.0 Å². The van der Waals surface area contributed by atoms with Crippen molar-refractivity contribution in [2.24, 2.45) is 0 Å². The Balaban J connectivity index is 0.00000240. The molecule has 0 bridgehead atoms. The zero-order valence-corrected chi connectivity index (χ0v) is 19.3. The average molecular weight is 488 g/mol. The summed E-state index contributed by atoms with van der Waals surface area (Å²) in [5.74, 6) is -0.185. The summed E-state index contributed by atoms with van der Waals surface area (Å²) < 4.78 is 3.93. The number of carbonyl (C=O) groups is 1. The molecule has 0 fully saturated rings. The molecule has 4 aromatic rings. The number of imidazole rings is 1. The van der Waals surface area contributed by atoms with Gasteiger partial charge in [-0.2, -0.15) is 0 Å². The van der Waals surface area contributed by atoms with Crippen LogP contribution in [0, 0.1) is 6.92 Å². The van der Waals surface area contributed by atoms with Gasteiger partial charge in [0.25, 0.3) is 5.91 Å². The predicted molar refractivity (Wildman–Crippen MR) is 124 cm³/mol. The first-order chi connectivity index (χ1) is 13.5. The van der Waals surface area contributed by atoms with Crippen molar-refractivity contribution in [1.82, 2.24) is 14.5 Å². The smallest absolute Gasteiger partial charge is 0.262 e. The van der Waals surface area contributed by atoms with E-state index in [-0.39, 0.29) is 18.3 Å². The molecular weight excluding hydrogens is 471 g/mol. The summed E-state index contributed by atoms with van der Waals surface area (Å²) in [5, 5.41) is 0.665. The van der Waals surface area contributed by atoms with Crippen LogP contribution in [0.2, 0.25) is 8.67 Å². The molecule has 0 radical (unpaired) electrons. The molecule has 4 rings (SSSR count). The number of hydrogen-bond acceptors (Lipinski definition) is 5. The number of nitrogens with zero attached hydrogens (tertiary/aromatic N) is 4. The Morgan fingerprint density at radius 3 is 2.76 bits per heavy atom. The lowest BCUT2D eigenvalue weighted by molar-refractivity contribution is 0.0987. The molecule has 0 spiro atoms. The molecule has 0 saturated carbocycles. The summed E-state index contributed by atoms with van der Waals surface area (Å²) in [6.07, 6.45) is 6.17. The minimum atomic E-state index is -0.185. The maximum Gasteiger partial charge on any atom is 0.262 e. The Morgan fingerprint density at radius 2 is 2.10 bits per heavy atom. The first-order valence-corrected chi connectivity index (χ1v) is 11.0. The number of hydrogen-bond donors (Lipinski definition) is 0. The van der Waals surface area contributed by atoms with Gasteiger partial charge in [-0.3, -0.25) is 9.69 Å². The van der Waals surface area contributed by atoms with Crippen molar-refractivity contribution < 1.29 is 4.79 Å². The van der Waals surface area contributed by atoms with Crippen LogP contribution in [0.15, 0.2) is 43.0 Å². The SMILES string of the molecule is Cc1cccc2sc(N(CCCn3ccnc3)C(=O)c3cc(Cl)sc3Cl)nc12.Cl. The lowest BCUT2D eigenvalue weighted by atomic mass is 10.2. The second kappa shape index (κ2) is 9.45. The van der Waals surface area contributed by atoms with Crippen molar-refractivity contribution in [1.29, 1.82) is 0 Å². The molecule has 1 amide bonds. The van der Waals surface area contributed by atoms with Gasteiger partial charge < -0.3 is 4.57 Å². The number of fused-ring (bicyclic) bond motifs is 1. The van der Waals surface area contributed by atoms with E-state index in [9.17, 15) is 4.79 Å². The third-order valence-electron chi connectivity index (χ3n) is 4.33. The third kappa shape index (κ3) is 4.75. The third-order valence-corrected chi connectivity index (χ3v) is 6.86. The van der Waals surface area contributed by atoms with Crippen LogP contribution in [-0.2, 0) is 6.54 Å². The molecule has 10 heteroatoms. The lowest BCUT2D eigenvalue weighted by Crippen LogP contribution is -2.32. The van der Waals surface area contributed by atoms with Gasteiger partial charge in [-0.15, -0.1) is 23.7 Å². The van der Waals surface area contributed by atoms with Crippen LogP contribution in [0.3, 0.4) is 0 Å². The van der Waals surface area contributed by atoms with Crippen LogP contribution in [0.25, 0.3) is 10.2 Å². The molecule has 0 aliphatic heterocycles. The summed E-state index contributed by atoms with van der Waals surface area (Å²) in [6, 6.07) is 7.66. The van der Waals surface area contributed by atoms with E-state index in [1.54, 1.807) is 23.5 Å². The van der Waals surface area contributed by atoms with Crippen molar-refractivity contribution in [3.05, 3.63) is 62.8 Å². The molecule has 3 heterocycles. The fourth-order valence-electron chi connectivity index (χ4n) is 2.94. The minimum Gasteiger partial charge on any atom is -0.337 e. The zero-order chi connectivity index (χ0) is 19.7. The minimum absolute atomic E-state index is 0. The molecule has 29 heavy (non-hydrogen) atoms. The number of thiophene rings is 1. The van der Waals surface area contributed by atoms with Gasteiger partial charge in [0.1, 0.15) is 4.34 Å². The quantitative estimate of drug-likeness (QED) is 0.319. The summed E-state index contributed by atoms with van der Waals surface area (Å²) in [5.41, 5.74) is 2.42. The van der Waals surface area contributed by atoms with Crippen LogP contribution >= 0.6 is 58.3 Å². The summed E-state index contributed by atoms with van der Waals surface area (Å²) in [4.78, 5) is 23.8. The Labute approximate surface area is 192 Å². The number of para-hydroxylation sites is 1. The van der Waals surface area contributed by atoms with Crippen LogP contribution in [0.1, 0.15) is 22.3 Å². The summed E-state index contributed by atoms with van der Waals surface area (Å²) in [6.45, 7) is 3.29. The van der Waals surface area contributed by atoms with E-state index in [1.165, 1.54) is 22.7 Å². The molecule has 0 saturated heterocycles. The maximum absolute atomic E-state index is 13.3. The number of carbonyl (C=O) groups excluding carboxylic acids is 1. The van der Waals surface area contributed by atoms with Gasteiger partial charge >= 0.3 is 0 Å². The summed E-state index contributed by atoms with van der Waals surface area (Å²) in [7, 11) is 0. The monoisotopic (exact) mass is 486 g/mol. The Morgan fingerprint density at radius 1 is 1.28 bits per heavy atom. The highest BCUT2D eigenvalue weighted by molar-refractivity contribution is 7.22. The number of halogens is 3. The number of aromatic nitrogens is 3. The standard InChI is InChI=1S/C19H16Cl2N4OS2.ClH/c1-12-4-2-5-14-16(12)23-19(27-14)25(8-3-7-24-9-6-22-11-24)18(26)13-10-15(20)28-17(13)21;/h2,4-6,9-11H,3,7-8H2,1H3;1H. The molecular formula is C19H17Cl3N4OS2. The fraction of sp³-hybridized carbons (Fsp3) is 0.211. The number of amides is 1. The molecule has 0 aliphatic carbocycles. The topological polar surface area (TPSA) is 51.0 Å². The van der Waals surface area contributed by atoms with Crippen LogP contribution < -0.4 is 4.90 Å². The van der Waals surface area contributed by atoms with Crippen molar-refractivity contribution in [3.63, 3.8) is 0 Å². The highest BCUT2D eigenvalue weighted by Gasteiger charge is 2.25. The molecule has 1 aromatic carbocycles. The molecule has 5 nitrogen and oxygen atoms in total. The number of aryl methyl sites for hydroxylation is 2. The van der Waals surface area contributed by atoms with Gasteiger partial charge in [-0.25, -0.2) is 9.97 Å². The number of benzene rings is 1. The van der Waals surface area contributed by atoms with Crippen molar-refractivity contribution in [2.75, 3.05) is 11.4 Å². The normalized spacial score (nSPS) is 10.9. The molecule has 3 aromatic heterocycles. The van der Waals surface area contributed by atoms with E-state index in [1.807, 2.05) is 35.9 Å². The van der Waals surface area contributed by atoms with Crippen LogP contribution in [0.5, 0.6) is 0 Å². The Bertz CT molecular complexity index is 1120. The van der Waals surface area contributed by atoms with Crippen molar-refractivity contribution in [3.8, 4) is 0 Å². The van der Waals surface area contributed by atoms with E-state index >= 15 is 0 Å². The van der Waals surface area contributed by atoms with E-state index < -0.39 is 0 Å². The predicted octanol–water partition coefficient (Wildman–Crippen LogP) is 6.33. The molecule has 0 aliphatic rings. The van der Waals surface area contributed by atoms with Gasteiger partial charge in [0, 0.05) is 25.5 Å². The number of thiazole rings is 1. The van der Waals surface area contributed by atoms with E-state index in [2.05, 4.69) is 4.98 Å². The first-order valence-electron chi connectivity index (χ1n) is 8.61. The number of anilines is 1. The largest absolute Gasteiger partial charge is 0.337 e. The maximum atomic E-state index is 13.3. The second-order valence-corrected chi connectivity index (χ2v) is 9.56. The van der Waals surface area contributed by atoms with E-state index in [4.69, 9.17) is 28.2 Å². The summed E-state index contributed by atoms with van der Waals surface area (Å²) >= 11 is 15.0. The van der Waals surface area contributed by atoms with E-state index in [0.29, 0.717) is 25.9 Å². The highest BCUT2D eigenvalue weighted by atomic mass is 35.5. The second-order valence-electron chi connectivity index (χ2n) is 6.27. The molecule has 0 unspecified atom stereocenters. The highest BCUT2D eigenvalue weighted by Crippen LogP contribution is 2.35. The first kappa shape index (κ1) is 22.1. The number of rotatable bonds is 6. The van der Waals surface area contributed by atoms with Crippen LogP contribution in [0.4, 0.5) is 5.13 Å². The fourth-order valence-corrected chi connectivity index (χ4v) is 5.45. The van der Waals surface area contributed by atoms with E-state index in [0.717, 1.165) is 28.7 Å². The molecule has 0 N–H and O–H groups in total. The van der Waals surface area contributed by atoms with Gasteiger partial charge in [-0.05, 0) is 31.0 Å². The lowest BCUT2D eigenvalue weighted by Gasteiger charge is -2.19. The Hall–Kier alpha value is -1.64. The van der Waals surface area contributed by atoms with Crippen molar-refractivity contribution >= 4 is 79.5 Å². The van der Waals surface area contributed by atoms with Crippen molar-refractivity contribution in [2.45, 2.75) is 19.9 Å². The Kier molecular flexibility index (Phi) is 7.19. The average Bonchev–Trinajstić information content (AvgIpc) is 3.38. The molecule has 152 valence electrons. The van der Waals surface area contributed by atoms with Gasteiger partial charge in [-0.1, -0.05) is 46.7 Å². The van der Waals surface area contributed by atoms with Gasteiger partial charge in [0.15, 0.2) is 5.13 Å². The van der Waals surface area contributed by atoms with Gasteiger partial charge in [0.2, 0.25) is 0 Å². The zero-order valence-electron chi connectivity index (χ0n) is 15.3. The van der Waals surface area contributed by atoms with Gasteiger partial charge in [0.05, 0.1) is 26.4 Å². The molecule has 0 atom stereocenters.